The number of amides is 1. The van der Waals surface area contributed by atoms with Gasteiger partial charge in [0, 0.05) is 19.0 Å². The van der Waals surface area contributed by atoms with E-state index in [1.807, 2.05) is 18.2 Å². The van der Waals surface area contributed by atoms with Gasteiger partial charge in [0.25, 0.3) is 0 Å². The molecule has 2 aliphatic rings. The predicted octanol–water partition coefficient (Wildman–Crippen LogP) is 1.49. The topological polar surface area (TPSA) is 66.8 Å². The molecular weight excluding hydrogens is 270 g/mol. The Morgan fingerprint density at radius 2 is 2.05 bits per heavy atom. The molecule has 0 bridgehead atoms. The minimum absolute atomic E-state index is 0.0451. The summed E-state index contributed by atoms with van der Waals surface area (Å²) in [5, 5.41) is 8.82. The van der Waals surface area contributed by atoms with Crippen molar-refractivity contribution in [2.24, 2.45) is 5.92 Å². The fourth-order valence-corrected chi connectivity index (χ4v) is 3.01. The largest absolute Gasteiger partial charge is 0.481 e. The number of carbonyl (C=O) groups is 2. The molecular formula is C16H19NO4. The lowest BCUT2D eigenvalue weighted by atomic mass is 10.1. The molecule has 1 aliphatic heterocycles. The predicted molar refractivity (Wildman–Crippen MR) is 75.9 cm³/mol. The molecule has 1 aromatic rings. The fourth-order valence-electron chi connectivity index (χ4n) is 3.01. The van der Waals surface area contributed by atoms with Crippen LogP contribution in [-0.2, 0) is 14.3 Å². The molecule has 1 N–H and O–H groups in total. The van der Waals surface area contributed by atoms with Gasteiger partial charge in [0.2, 0.25) is 5.91 Å². The van der Waals surface area contributed by atoms with E-state index in [-0.39, 0.29) is 24.3 Å². The molecule has 2 fully saturated rings. The number of hydrogen-bond donors (Lipinski definition) is 1. The molecule has 1 heterocycles. The number of morpholine rings is 1. The van der Waals surface area contributed by atoms with E-state index in [1.165, 1.54) is 5.56 Å². The minimum atomic E-state index is -0.886. The zero-order valence-electron chi connectivity index (χ0n) is 11.8. The fraction of sp³-hybridized carbons (Fsp3) is 0.500. The zero-order valence-corrected chi connectivity index (χ0v) is 11.8. The average Bonchev–Trinajstić information content (AvgIpc) is 3.27. The molecule has 5 heteroatoms. The Bertz CT molecular complexity index is 530. The Hall–Kier alpha value is -1.88. The smallest absolute Gasteiger partial charge is 0.306 e. The standard InChI is InChI=1S/C16H19NO4/c18-15(19)8-12-10-17(6-7-21-12)16(20)14-9-13(14)11-4-2-1-3-5-11/h1-5,12-14H,6-10H2,(H,18,19). The Morgan fingerprint density at radius 1 is 1.29 bits per heavy atom. The van der Waals surface area contributed by atoms with Crippen LogP contribution in [0.3, 0.4) is 0 Å². The molecule has 3 unspecified atom stereocenters. The van der Waals surface area contributed by atoms with Crippen LogP contribution in [0, 0.1) is 5.92 Å². The van der Waals surface area contributed by atoms with E-state index in [9.17, 15) is 9.59 Å². The lowest BCUT2D eigenvalue weighted by Gasteiger charge is -2.32. The van der Waals surface area contributed by atoms with Gasteiger partial charge in [0.15, 0.2) is 0 Å². The number of ether oxygens (including phenoxy) is 1. The van der Waals surface area contributed by atoms with Crippen LogP contribution in [0.5, 0.6) is 0 Å². The van der Waals surface area contributed by atoms with Gasteiger partial charge in [-0.3, -0.25) is 9.59 Å². The summed E-state index contributed by atoms with van der Waals surface area (Å²) in [4.78, 5) is 25.0. The molecule has 0 spiro atoms. The van der Waals surface area contributed by atoms with Crippen molar-refractivity contribution in [3.05, 3.63) is 35.9 Å². The molecule has 1 amide bonds. The van der Waals surface area contributed by atoms with Crippen molar-refractivity contribution in [1.82, 2.24) is 4.90 Å². The molecule has 3 atom stereocenters. The Labute approximate surface area is 123 Å². The number of carboxylic acid groups (broad SMARTS) is 1. The summed E-state index contributed by atoms with van der Waals surface area (Å²) in [5.74, 6) is -0.374. The van der Waals surface area contributed by atoms with Crippen LogP contribution in [0.2, 0.25) is 0 Å². The van der Waals surface area contributed by atoms with Crippen molar-refractivity contribution in [3.8, 4) is 0 Å². The van der Waals surface area contributed by atoms with Crippen LogP contribution < -0.4 is 0 Å². The van der Waals surface area contributed by atoms with Gasteiger partial charge < -0.3 is 14.7 Å². The van der Waals surface area contributed by atoms with Gasteiger partial charge in [0.1, 0.15) is 0 Å². The van der Waals surface area contributed by atoms with Crippen molar-refractivity contribution < 1.29 is 19.4 Å². The van der Waals surface area contributed by atoms with Gasteiger partial charge in [-0.1, -0.05) is 30.3 Å². The third kappa shape index (κ3) is 3.24. The Balaban J connectivity index is 1.58. The van der Waals surface area contributed by atoms with Crippen LogP contribution in [0.15, 0.2) is 30.3 Å². The number of carbonyl (C=O) groups excluding carboxylic acids is 1. The first-order valence-corrected chi connectivity index (χ1v) is 7.32. The summed E-state index contributed by atoms with van der Waals surface area (Å²) < 4.78 is 5.41. The molecule has 5 nitrogen and oxygen atoms in total. The third-order valence-corrected chi connectivity index (χ3v) is 4.19. The normalized spacial score (nSPS) is 28.2. The lowest BCUT2D eigenvalue weighted by Crippen LogP contribution is -2.47. The van der Waals surface area contributed by atoms with Crippen LogP contribution >= 0.6 is 0 Å². The molecule has 3 rings (SSSR count). The second-order valence-electron chi connectivity index (χ2n) is 5.73. The summed E-state index contributed by atoms with van der Waals surface area (Å²) in [6.07, 6.45) is 0.467. The maximum absolute atomic E-state index is 12.5. The van der Waals surface area contributed by atoms with Crippen LogP contribution in [0.4, 0.5) is 0 Å². The lowest BCUT2D eigenvalue weighted by molar-refractivity contribution is -0.148. The first kappa shape index (κ1) is 14.1. The highest BCUT2D eigenvalue weighted by atomic mass is 16.5. The Morgan fingerprint density at radius 3 is 2.76 bits per heavy atom. The monoisotopic (exact) mass is 289 g/mol. The van der Waals surface area contributed by atoms with Crippen molar-refractivity contribution in [2.45, 2.75) is 24.9 Å². The number of carboxylic acids is 1. The van der Waals surface area contributed by atoms with Gasteiger partial charge in [0.05, 0.1) is 19.1 Å². The SMILES string of the molecule is O=C(O)CC1CN(C(=O)C2CC2c2ccccc2)CCO1. The van der Waals surface area contributed by atoms with Gasteiger partial charge in [-0.25, -0.2) is 0 Å². The Kier molecular flexibility index (Phi) is 3.92. The first-order valence-electron chi connectivity index (χ1n) is 7.32. The van der Waals surface area contributed by atoms with Gasteiger partial charge in [-0.05, 0) is 17.9 Å². The number of aliphatic carboxylic acids is 1. The molecule has 21 heavy (non-hydrogen) atoms. The molecule has 1 saturated carbocycles. The highest BCUT2D eigenvalue weighted by molar-refractivity contribution is 5.83. The van der Waals surface area contributed by atoms with Crippen molar-refractivity contribution in [3.63, 3.8) is 0 Å². The molecule has 112 valence electrons. The first-order chi connectivity index (χ1) is 10.1. The van der Waals surface area contributed by atoms with Crippen molar-refractivity contribution >= 4 is 11.9 Å². The second-order valence-corrected chi connectivity index (χ2v) is 5.73. The van der Waals surface area contributed by atoms with Gasteiger partial charge >= 0.3 is 5.97 Å². The summed E-state index contributed by atoms with van der Waals surface area (Å²) >= 11 is 0. The highest BCUT2D eigenvalue weighted by Crippen LogP contribution is 2.48. The molecule has 1 aliphatic carbocycles. The van der Waals surface area contributed by atoms with E-state index < -0.39 is 5.97 Å². The van der Waals surface area contributed by atoms with E-state index in [4.69, 9.17) is 9.84 Å². The van der Waals surface area contributed by atoms with Crippen molar-refractivity contribution in [2.75, 3.05) is 19.7 Å². The average molecular weight is 289 g/mol. The van der Waals surface area contributed by atoms with Gasteiger partial charge in [-0.15, -0.1) is 0 Å². The number of benzene rings is 1. The number of hydrogen-bond acceptors (Lipinski definition) is 3. The number of rotatable bonds is 4. The number of nitrogens with zero attached hydrogens (tertiary/aromatic N) is 1. The quantitative estimate of drug-likeness (QED) is 0.912. The van der Waals surface area contributed by atoms with Crippen LogP contribution in [0.25, 0.3) is 0 Å². The molecule has 1 saturated heterocycles. The third-order valence-electron chi connectivity index (χ3n) is 4.19. The van der Waals surface area contributed by atoms with Crippen LogP contribution in [0.1, 0.15) is 24.3 Å². The summed E-state index contributed by atoms with van der Waals surface area (Å²) in [6, 6.07) is 10.1. The van der Waals surface area contributed by atoms with E-state index >= 15 is 0 Å². The maximum atomic E-state index is 12.5. The van der Waals surface area contributed by atoms with E-state index in [1.54, 1.807) is 4.90 Å². The minimum Gasteiger partial charge on any atom is -0.481 e. The summed E-state index contributed by atoms with van der Waals surface area (Å²) in [5.41, 5.74) is 1.21. The van der Waals surface area contributed by atoms with Crippen molar-refractivity contribution in [1.29, 1.82) is 0 Å². The summed E-state index contributed by atoms with van der Waals surface area (Å²) in [7, 11) is 0. The van der Waals surface area contributed by atoms with E-state index in [0.717, 1.165) is 6.42 Å². The summed E-state index contributed by atoms with van der Waals surface area (Å²) in [6.45, 7) is 1.38. The molecule has 0 aromatic heterocycles. The van der Waals surface area contributed by atoms with E-state index in [2.05, 4.69) is 12.1 Å². The van der Waals surface area contributed by atoms with Gasteiger partial charge in [-0.2, -0.15) is 0 Å². The molecule has 1 aromatic carbocycles. The second kappa shape index (κ2) is 5.85. The molecule has 0 radical (unpaired) electrons. The zero-order chi connectivity index (χ0) is 14.8. The van der Waals surface area contributed by atoms with Crippen LogP contribution in [-0.4, -0.2) is 47.7 Å². The van der Waals surface area contributed by atoms with E-state index in [0.29, 0.717) is 25.6 Å². The maximum Gasteiger partial charge on any atom is 0.306 e. The highest BCUT2D eigenvalue weighted by Gasteiger charge is 2.46.